The normalized spacial score (nSPS) is 12.3. The maximum absolute atomic E-state index is 10.5. The fourth-order valence-corrected chi connectivity index (χ4v) is 2.34. The predicted molar refractivity (Wildman–Crippen MR) is 78.0 cm³/mol. The molecule has 0 saturated heterocycles. The molecule has 1 N–H and O–H groups in total. The molecule has 0 spiro atoms. The van der Waals surface area contributed by atoms with Crippen LogP contribution in [0.1, 0.15) is 28.4 Å². The molecule has 0 radical (unpaired) electrons. The summed E-state index contributed by atoms with van der Waals surface area (Å²) in [6.07, 6.45) is -0.676. The SMILES string of the molecule is COc1ccc(C(O)c2cc(Cl)ccc2C)c(C)c1. The summed E-state index contributed by atoms with van der Waals surface area (Å²) < 4.78 is 5.18. The lowest BCUT2D eigenvalue weighted by Crippen LogP contribution is -2.04. The highest BCUT2D eigenvalue weighted by molar-refractivity contribution is 6.30. The van der Waals surface area contributed by atoms with Gasteiger partial charge in [-0.1, -0.05) is 23.7 Å². The molecule has 0 heterocycles. The first kappa shape index (κ1) is 13.9. The van der Waals surface area contributed by atoms with Gasteiger partial charge in [0.05, 0.1) is 7.11 Å². The molecule has 0 aliphatic carbocycles. The Morgan fingerprint density at radius 1 is 1.00 bits per heavy atom. The van der Waals surface area contributed by atoms with E-state index < -0.39 is 6.10 Å². The zero-order valence-electron chi connectivity index (χ0n) is 11.3. The van der Waals surface area contributed by atoms with Crippen LogP contribution in [-0.2, 0) is 0 Å². The first-order valence-corrected chi connectivity index (χ1v) is 6.49. The van der Waals surface area contributed by atoms with Crippen molar-refractivity contribution in [2.45, 2.75) is 20.0 Å². The maximum Gasteiger partial charge on any atom is 0.119 e. The fraction of sp³-hybridized carbons (Fsp3) is 0.250. The van der Waals surface area contributed by atoms with Crippen molar-refractivity contribution in [1.29, 1.82) is 0 Å². The lowest BCUT2D eigenvalue weighted by Gasteiger charge is -2.17. The van der Waals surface area contributed by atoms with Gasteiger partial charge in [0, 0.05) is 5.02 Å². The molecule has 1 unspecified atom stereocenters. The molecule has 19 heavy (non-hydrogen) atoms. The summed E-state index contributed by atoms with van der Waals surface area (Å²) in [7, 11) is 1.63. The molecule has 0 bridgehead atoms. The summed E-state index contributed by atoms with van der Waals surface area (Å²) in [5.41, 5.74) is 3.71. The van der Waals surface area contributed by atoms with Crippen molar-refractivity contribution in [2.24, 2.45) is 0 Å². The third-order valence-corrected chi connectivity index (χ3v) is 3.54. The summed E-state index contributed by atoms with van der Waals surface area (Å²) in [6.45, 7) is 3.93. The molecule has 2 nitrogen and oxygen atoms in total. The molecule has 0 fully saturated rings. The van der Waals surface area contributed by atoms with Gasteiger partial charge in [-0.05, 0) is 60.4 Å². The Hall–Kier alpha value is -1.51. The van der Waals surface area contributed by atoms with E-state index >= 15 is 0 Å². The first-order valence-electron chi connectivity index (χ1n) is 6.11. The standard InChI is InChI=1S/C16H17ClO2/c1-10-4-5-12(17)9-15(10)16(18)14-7-6-13(19-3)8-11(14)2/h4-9,16,18H,1-3H3. The summed E-state index contributed by atoms with van der Waals surface area (Å²) in [5.74, 6) is 0.788. The summed E-state index contributed by atoms with van der Waals surface area (Å²) in [6, 6.07) is 11.2. The van der Waals surface area contributed by atoms with Gasteiger partial charge >= 0.3 is 0 Å². The molecule has 100 valence electrons. The number of hydrogen-bond acceptors (Lipinski definition) is 2. The van der Waals surface area contributed by atoms with Crippen molar-refractivity contribution in [1.82, 2.24) is 0 Å². The van der Waals surface area contributed by atoms with E-state index in [1.54, 1.807) is 7.11 Å². The molecule has 0 aliphatic rings. The molecule has 1 atom stereocenters. The number of methoxy groups -OCH3 is 1. The topological polar surface area (TPSA) is 29.5 Å². The average molecular weight is 277 g/mol. The van der Waals surface area contributed by atoms with Gasteiger partial charge in [-0.3, -0.25) is 0 Å². The number of benzene rings is 2. The molecule has 2 aromatic rings. The third-order valence-electron chi connectivity index (χ3n) is 3.31. The van der Waals surface area contributed by atoms with Gasteiger partial charge in [0.2, 0.25) is 0 Å². The van der Waals surface area contributed by atoms with Crippen molar-refractivity contribution in [3.63, 3.8) is 0 Å². The van der Waals surface area contributed by atoms with Gasteiger partial charge in [0.15, 0.2) is 0 Å². The number of ether oxygens (including phenoxy) is 1. The predicted octanol–water partition coefficient (Wildman–Crippen LogP) is 4.05. The smallest absolute Gasteiger partial charge is 0.119 e. The Labute approximate surface area is 118 Å². The van der Waals surface area contributed by atoms with Crippen molar-refractivity contribution in [3.8, 4) is 5.75 Å². The van der Waals surface area contributed by atoms with Gasteiger partial charge in [-0.25, -0.2) is 0 Å². The van der Waals surface area contributed by atoms with Crippen LogP contribution in [0.3, 0.4) is 0 Å². The van der Waals surface area contributed by atoms with Crippen LogP contribution in [0.4, 0.5) is 0 Å². The van der Waals surface area contributed by atoms with Crippen LogP contribution in [-0.4, -0.2) is 12.2 Å². The molecule has 3 heteroatoms. The number of rotatable bonds is 3. The van der Waals surface area contributed by atoms with Gasteiger partial charge in [0.1, 0.15) is 11.9 Å². The zero-order chi connectivity index (χ0) is 14.0. The minimum atomic E-state index is -0.676. The van der Waals surface area contributed by atoms with E-state index in [2.05, 4.69) is 0 Å². The van der Waals surface area contributed by atoms with E-state index in [1.807, 2.05) is 50.2 Å². The van der Waals surface area contributed by atoms with Gasteiger partial charge in [-0.15, -0.1) is 0 Å². The molecule has 0 saturated carbocycles. The van der Waals surface area contributed by atoms with E-state index in [4.69, 9.17) is 16.3 Å². The molecule has 2 aromatic carbocycles. The Morgan fingerprint density at radius 3 is 2.37 bits per heavy atom. The van der Waals surface area contributed by atoms with E-state index in [0.29, 0.717) is 5.02 Å². The van der Waals surface area contributed by atoms with E-state index in [1.165, 1.54) is 0 Å². The van der Waals surface area contributed by atoms with E-state index in [0.717, 1.165) is 28.0 Å². The van der Waals surface area contributed by atoms with Crippen LogP contribution in [0.25, 0.3) is 0 Å². The highest BCUT2D eigenvalue weighted by Gasteiger charge is 2.15. The lowest BCUT2D eigenvalue weighted by molar-refractivity contribution is 0.218. The monoisotopic (exact) mass is 276 g/mol. The molecule has 0 aromatic heterocycles. The van der Waals surface area contributed by atoms with Gasteiger partial charge in [-0.2, -0.15) is 0 Å². The van der Waals surface area contributed by atoms with Crippen LogP contribution in [0, 0.1) is 13.8 Å². The largest absolute Gasteiger partial charge is 0.497 e. The van der Waals surface area contributed by atoms with Crippen LogP contribution in [0.5, 0.6) is 5.75 Å². The average Bonchev–Trinajstić information content (AvgIpc) is 2.40. The Balaban J connectivity index is 2.43. The fourth-order valence-electron chi connectivity index (χ4n) is 2.16. The maximum atomic E-state index is 10.5. The van der Waals surface area contributed by atoms with Crippen molar-refractivity contribution >= 4 is 11.6 Å². The van der Waals surface area contributed by atoms with Crippen molar-refractivity contribution in [3.05, 3.63) is 63.7 Å². The minimum absolute atomic E-state index is 0.630. The van der Waals surface area contributed by atoms with Crippen molar-refractivity contribution < 1.29 is 9.84 Å². The van der Waals surface area contributed by atoms with Crippen molar-refractivity contribution in [2.75, 3.05) is 7.11 Å². The molecule has 2 rings (SSSR count). The number of hydrogen-bond donors (Lipinski definition) is 1. The molecule has 0 aliphatic heterocycles. The molecular formula is C16H17ClO2. The Kier molecular flexibility index (Phi) is 4.13. The Morgan fingerprint density at radius 2 is 1.74 bits per heavy atom. The second-order valence-electron chi connectivity index (χ2n) is 4.63. The van der Waals surface area contributed by atoms with Crippen LogP contribution >= 0.6 is 11.6 Å². The number of aliphatic hydroxyl groups excluding tert-OH is 1. The lowest BCUT2D eigenvalue weighted by atomic mass is 9.94. The van der Waals surface area contributed by atoms with E-state index in [9.17, 15) is 5.11 Å². The first-order chi connectivity index (χ1) is 9.02. The van der Waals surface area contributed by atoms with Crippen LogP contribution in [0.15, 0.2) is 36.4 Å². The molecule has 0 amide bonds. The van der Waals surface area contributed by atoms with Gasteiger partial charge < -0.3 is 9.84 Å². The van der Waals surface area contributed by atoms with E-state index in [-0.39, 0.29) is 0 Å². The second kappa shape index (κ2) is 5.64. The highest BCUT2D eigenvalue weighted by atomic mass is 35.5. The summed E-state index contributed by atoms with van der Waals surface area (Å²) in [5, 5.41) is 11.2. The summed E-state index contributed by atoms with van der Waals surface area (Å²) in [4.78, 5) is 0. The third kappa shape index (κ3) is 2.91. The summed E-state index contributed by atoms with van der Waals surface area (Å²) >= 11 is 6.00. The number of halogens is 1. The number of aryl methyl sites for hydroxylation is 2. The van der Waals surface area contributed by atoms with Crippen LogP contribution < -0.4 is 4.74 Å². The second-order valence-corrected chi connectivity index (χ2v) is 5.06. The van der Waals surface area contributed by atoms with Gasteiger partial charge in [0.25, 0.3) is 0 Å². The number of aliphatic hydroxyl groups is 1. The zero-order valence-corrected chi connectivity index (χ0v) is 12.0. The highest BCUT2D eigenvalue weighted by Crippen LogP contribution is 2.30. The Bertz CT molecular complexity index is 593. The molecular weight excluding hydrogens is 260 g/mol. The quantitative estimate of drug-likeness (QED) is 0.916. The van der Waals surface area contributed by atoms with Crippen LogP contribution in [0.2, 0.25) is 5.02 Å². The minimum Gasteiger partial charge on any atom is -0.497 e.